The molecule has 0 radical (unpaired) electrons. The summed E-state index contributed by atoms with van der Waals surface area (Å²) < 4.78 is 6.53. The number of fused-ring (bicyclic) bond motifs is 1. The van der Waals surface area contributed by atoms with Crippen LogP contribution in [0.25, 0.3) is 16.6 Å². The van der Waals surface area contributed by atoms with Crippen molar-refractivity contribution in [2.45, 2.75) is 20.3 Å². The van der Waals surface area contributed by atoms with Crippen LogP contribution < -0.4 is 21.7 Å². The van der Waals surface area contributed by atoms with Crippen LogP contribution in [0.15, 0.2) is 60.2 Å². The molecule has 0 saturated heterocycles. The van der Waals surface area contributed by atoms with Gasteiger partial charge in [-0.1, -0.05) is 25.1 Å². The molecule has 0 saturated carbocycles. The molecule has 2 heterocycles. The number of aromatic nitrogens is 3. The van der Waals surface area contributed by atoms with E-state index in [1.165, 1.54) is 17.8 Å². The largest absolute Gasteiger partial charge is 0.383 e. The molecule has 5 N–H and O–H groups in total. The molecule has 1 aliphatic carbocycles. The average Bonchev–Trinajstić information content (AvgIpc) is 3.25. The first-order chi connectivity index (χ1) is 17.8. The van der Waals surface area contributed by atoms with Gasteiger partial charge in [0.2, 0.25) is 0 Å². The van der Waals surface area contributed by atoms with Gasteiger partial charge in [0.25, 0.3) is 5.91 Å². The molecule has 1 atom stereocenters. The van der Waals surface area contributed by atoms with Crippen molar-refractivity contribution in [3.63, 3.8) is 0 Å². The third kappa shape index (κ3) is 5.84. The Morgan fingerprint density at radius 3 is 2.65 bits per heavy atom. The molecule has 0 bridgehead atoms. The monoisotopic (exact) mass is 503 g/mol. The van der Waals surface area contributed by atoms with E-state index in [0.717, 1.165) is 0 Å². The second-order valence-electron chi connectivity index (χ2n) is 8.79. The number of amides is 3. The lowest BCUT2D eigenvalue weighted by Crippen LogP contribution is -2.29. The van der Waals surface area contributed by atoms with E-state index in [1.807, 2.05) is 13.0 Å². The van der Waals surface area contributed by atoms with Gasteiger partial charge in [0.1, 0.15) is 11.8 Å². The molecule has 4 rings (SSSR count). The van der Waals surface area contributed by atoms with Crippen LogP contribution in [0.5, 0.6) is 0 Å². The summed E-state index contributed by atoms with van der Waals surface area (Å²) in [6.45, 7) is 4.23. The fraction of sp³-hybridized carbons (Fsp3) is 0.269. The summed E-state index contributed by atoms with van der Waals surface area (Å²) in [4.78, 5) is 41.3. The number of ether oxygens (including phenoxy) is 1. The third-order valence-corrected chi connectivity index (χ3v) is 5.92. The fourth-order valence-corrected chi connectivity index (χ4v) is 4.20. The molecule has 0 spiro atoms. The maximum atomic E-state index is 12.9. The number of urea groups is 1. The molecular weight excluding hydrogens is 474 g/mol. The van der Waals surface area contributed by atoms with E-state index < -0.39 is 6.03 Å². The van der Waals surface area contributed by atoms with Crippen molar-refractivity contribution in [2.75, 3.05) is 31.3 Å². The highest BCUT2D eigenvalue weighted by Crippen LogP contribution is 2.33. The Bertz CT molecular complexity index is 1410. The number of allylic oxidation sites excluding steroid dienone is 3. The van der Waals surface area contributed by atoms with Gasteiger partial charge in [-0.3, -0.25) is 9.59 Å². The molecule has 3 aromatic rings. The van der Waals surface area contributed by atoms with Gasteiger partial charge in [0, 0.05) is 36.8 Å². The zero-order valence-electron chi connectivity index (χ0n) is 20.9. The minimum Gasteiger partial charge on any atom is -0.383 e. The number of Topliss-reactive ketones (excluding diaryl/α,β-unsaturated/α-hetero) is 1. The van der Waals surface area contributed by atoms with Gasteiger partial charge in [-0.2, -0.15) is 5.10 Å². The summed E-state index contributed by atoms with van der Waals surface area (Å²) in [6.07, 6.45) is 7.20. The molecule has 0 fully saturated rings. The molecule has 192 valence electrons. The third-order valence-electron chi connectivity index (χ3n) is 5.92. The van der Waals surface area contributed by atoms with Crippen LogP contribution in [0.1, 0.15) is 30.6 Å². The van der Waals surface area contributed by atoms with Crippen LogP contribution in [0.2, 0.25) is 0 Å². The highest BCUT2D eigenvalue weighted by atomic mass is 16.5. The van der Waals surface area contributed by atoms with Crippen LogP contribution in [0, 0.1) is 5.92 Å². The summed E-state index contributed by atoms with van der Waals surface area (Å²) in [5, 5.41) is 12.6. The topological polar surface area (TPSA) is 153 Å². The number of methoxy groups -OCH3 is 1. The van der Waals surface area contributed by atoms with Gasteiger partial charge in [-0.15, -0.1) is 0 Å². The molecule has 0 aliphatic heterocycles. The van der Waals surface area contributed by atoms with Crippen molar-refractivity contribution in [3.8, 4) is 11.1 Å². The minimum absolute atomic E-state index is 0.00812. The van der Waals surface area contributed by atoms with Crippen molar-refractivity contribution in [1.82, 2.24) is 25.2 Å². The molecular formula is C26H29N7O4. The van der Waals surface area contributed by atoms with Crippen LogP contribution >= 0.6 is 0 Å². The number of nitrogens with zero attached hydrogens (tertiary/aromatic N) is 3. The maximum absolute atomic E-state index is 12.9. The Morgan fingerprint density at radius 1 is 1.19 bits per heavy atom. The zero-order valence-corrected chi connectivity index (χ0v) is 20.9. The number of nitrogen functional groups attached to an aromatic ring is 1. The number of ketones is 1. The number of carbonyl (C=O) groups is 3. The Kier molecular flexibility index (Phi) is 7.63. The number of hydrogen-bond acceptors (Lipinski definition) is 7. The second kappa shape index (κ2) is 11.0. The van der Waals surface area contributed by atoms with E-state index in [4.69, 9.17) is 10.5 Å². The maximum Gasteiger partial charge on any atom is 0.323 e. The number of nitrogens with two attached hydrogens (primary N) is 1. The van der Waals surface area contributed by atoms with Gasteiger partial charge in [0.15, 0.2) is 11.6 Å². The van der Waals surface area contributed by atoms with Crippen molar-refractivity contribution in [1.29, 1.82) is 0 Å². The quantitative estimate of drug-likeness (QED) is 0.345. The van der Waals surface area contributed by atoms with Gasteiger partial charge >= 0.3 is 6.03 Å². The van der Waals surface area contributed by atoms with Crippen molar-refractivity contribution in [2.24, 2.45) is 5.92 Å². The highest BCUT2D eigenvalue weighted by Gasteiger charge is 2.21. The first-order valence-electron chi connectivity index (χ1n) is 11.8. The number of rotatable bonds is 8. The average molecular weight is 504 g/mol. The van der Waals surface area contributed by atoms with Crippen molar-refractivity contribution < 1.29 is 19.1 Å². The molecule has 1 aromatic carbocycles. The van der Waals surface area contributed by atoms with E-state index in [-0.39, 0.29) is 23.4 Å². The van der Waals surface area contributed by atoms with Gasteiger partial charge in [0.05, 0.1) is 12.2 Å². The van der Waals surface area contributed by atoms with Gasteiger partial charge in [-0.05, 0) is 48.6 Å². The van der Waals surface area contributed by atoms with Crippen LogP contribution in [0.3, 0.4) is 0 Å². The SMILES string of the molecule is COCCNC(=O)c1cn2ncnc(N)c2c1-c1ccc(NC(=O)NC2=CC(C)CC(C(C)=O)=C2)cc1. The van der Waals surface area contributed by atoms with Gasteiger partial charge < -0.3 is 26.4 Å². The Hall–Kier alpha value is -4.51. The standard InChI is InChI=1S/C26H29N7O4/c1-15-10-18(16(2)34)12-20(11-15)32-26(36)31-19-6-4-17(5-7-19)22-21(25(35)28-8-9-37-3)13-33-23(22)24(27)29-14-30-33/h4-7,11-15H,8-10H2,1-3H3,(H,28,35)(H2,27,29,30)(H2,31,32,36). The molecule has 1 aliphatic rings. The number of nitrogens with one attached hydrogen (secondary N) is 3. The number of carbonyl (C=O) groups excluding carboxylic acids is 3. The van der Waals surface area contributed by atoms with E-state index in [2.05, 4.69) is 26.0 Å². The van der Waals surface area contributed by atoms with E-state index >= 15 is 0 Å². The minimum atomic E-state index is -0.433. The predicted octanol–water partition coefficient (Wildman–Crippen LogP) is 2.92. The van der Waals surface area contributed by atoms with Crippen LogP contribution in [0.4, 0.5) is 16.3 Å². The summed E-state index contributed by atoms with van der Waals surface area (Å²) in [5.74, 6) is 0.0706. The first-order valence-corrected chi connectivity index (χ1v) is 11.8. The Balaban J connectivity index is 1.56. The Morgan fingerprint density at radius 2 is 1.95 bits per heavy atom. The molecule has 11 nitrogen and oxygen atoms in total. The molecule has 37 heavy (non-hydrogen) atoms. The summed E-state index contributed by atoms with van der Waals surface area (Å²) in [6, 6.07) is 6.56. The summed E-state index contributed by atoms with van der Waals surface area (Å²) in [5.41, 5.74) is 10.1. The van der Waals surface area contributed by atoms with Crippen LogP contribution in [-0.2, 0) is 9.53 Å². The fourth-order valence-electron chi connectivity index (χ4n) is 4.20. The lowest BCUT2D eigenvalue weighted by molar-refractivity contribution is -0.113. The molecule has 1 unspecified atom stereocenters. The number of anilines is 2. The molecule has 11 heteroatoms. The number of hydrogen-bond donors (Lipinski definition) is 4. The van der Waals surface area contributed by atoms with E-state index in [1.54, 1.807) is 43.6 Å². The van der Waals surface area contributed by atoms with E-state index in [0.29, 0.717) is 58.7 Å². The second-order valence-corrected chi connectivity index (χ2v) is 8.79. The lowest BCUT2D eigenvalue weighted by Gasteiger charge is -2.18. The van der Waals surface area contributed by atoms with Gasteiger partial charge in [-0.25, -0.2) is 14.3 Å². The van der Waals surface area contributed by atoms with Crippen molar-refractivity contribution >= 4 is 34.7 Å². The van der Waals surface area contributed by atoms with Crippen LogP contribution in [-0.4, -0.2) is 52.6 Å². The zero-order chi connectivity index (χ0) is 26.5. The molecule has 2 aromatic heterocycles. The highest BCUT2D eigenvalue weighted by molar-refractivity contribution is 6.07. The summed E-state index contributed by atoms with van der Waals surface area (Å²) >= 11 is 0. The van der Waals surface area contributed by atoms with E-state index in [9.17, 15) is 14.4 Å². The van der Waals surface area contributed by atoms with Crippen molar-refractivity contribution in [3.05, 3.63) is 65.8 Å². The lowest BCUT2D eigenvalue weighted by atomic mass is 9.92. The molecule has 3 amide bonds. The number of benzene rings is 1. The first kappa shape index (κ1) is 25.6. The Labute approximate surface area is 213 Å². The normalized spacial score (nSPS) is 15.1. The predicted molar refractivity (Wildman–Crippen MR) is 140 cm³/mol. The summed E-state index contributed by atoms with van der Waals surface area (Å²) in [7, 11) is 1.56. The smallest absolute Gasteiger partial charge is 0.323 e.